The van der Waals surface area contributed by atoms with Crippen LogP contribution in [-0.2, 0) is 11.3 Å². The Labute approximate surface area is 164 Å². The van der Waals surface area contributed by atoms with Crippen molar-refractivity contribution in [2.75, 3.05) is 7.11 Å². The van der Waals surface area contributed by atoms with E-state index in [9.17, 15) is 9.59 Å². The normalized spacial score (nSPS) is 15.5. The number of halogens is 2. The van der Waals surface area contributed by atoms with E-state index in [-0.39, 0.29) is 18.1 Å². The summed E-state index contributed by atoms with van der Waals surface area (Å²) in [5.74, 6) is 0.135. The van der Waals surface area contributed by atoms with Crippen LogP contribution in [0.2, 0.25) is 5.02 Å². The van der Waals surface area contributed by atoms with Gasteiger partial charge < -0.3 is 10.1 Å². The van der Waals surface area contributed by atoms with Crippen molar-refractivity contribution in [3.05, 3.63) is 68.3 Å². The molecule has 134 valence electrons. The number of carbonyl (C=O) groups is 2. The van der Waals surface area contributed by atoms with Crippen molar-refractivity contribution in [1.29, 1.82) is 0 Å². The fourth-order valence-electron chi connectivity index (χ4n) is 2.73. The predicted molar refractivity (Wildman–Crippen MR) is 104 cm³/mol. The predicted octanol–water partition coefficient (Wildman–Crippen LogP) is 4.51. The van der Waals surface area contributed by atoms with Gasteiger partial charge in [-0.2, -0.15) is 0 Å². The lowest BCUT2D eigenvalue weighted by Gasteiger charge is -2.12. The quantitative estimate of drug-likeness (QED) is 0.568. The molecule has 1 heterocycles. The fourth-order valence-corrected chi connectivity index (χ4v) is 3.79. The number of hydrogen-bond acceptors (Lipinski definition) is 3. The van der Waals surface area contributed by atoms with Gasteiger partial charge in [-0.15, -0.1) is 0 Å². The summed E-state index contributed by atoms with van der Waals surface area (Å²) in [5.41, 5.74) is 2.84. The van der Waals surface area contributed by atoms with E-state index in [1.54, 1.807) is 18.2 Å². The number of hydrogen-bond donors (Lipinski definition) is 1. The second-order valence-electron chi connectivity index (χ2n) is 5.89. The first-order chi connectivity index (χ1) is 12.4. The summed E-state index contributed by atoms with van der Waals surface area (Å²) in [6.45, 7) is 2.18. The molecule has 1 aliphatic heterocycles. The van der Waals surface area contributed by atoms with Crippen LogP contribution in [0.5, 0.6) is 5.75 Å². The van der Waals surface area contributed by atoms with Gasteiger partial charge in [-0.3, -0.25) is 9.69 Å². The van der Waals surface area contributed by atoms with Crippen molar-refractivity contribution in [2.45, 2.75) is 13.5 Å². The van der Waals surface area contributed by atoms with Crippen LogP contribution in [0.4, 0.5) is 4.79 Å². The molecule has 2 aromatic carbocycles. The molecule has 3 amide bonds. The van der Waals surface area contributed by atoms with E-state index >= 15 is 0 Å². The van der Waals surface area contributed by atoms with Crippen molar-refractivity contribution in [2.24, 2.45) is 0 Å². The fraction of sp³-hybridized carbons (Fsp3) is 0.158. The number of rotatable bonds is 4. The number of benzene rings is 2. The maximum absolute atomic E-state index is 12.6. The topological polar surface area (TPSA) is 58.6 Å². The molecular weight excluding hydrogens is 420 g/mol. The number of methoxy groups -OCH3 is 1. The SMILES string of the molecule is COc1c(Cl)cc(/C=C2/NC(=O)N(Cc3cccc(C)c3)C2=O)cc1Br. The number of aryl methyl sites for hydroxylation is 1. The van der Waals surface area contributed by atoms with E-state index in [2.05, 4.69) is 21.2 Å². The highest BCUT2D eigenvalue weighted by Gasteiger charge is 2.33. The Balaban J connectivity index is 1.85. The number of urea groups is 1. The summed E-state index contributed by atoms with van der Waals surface area (Å²) in [4.78, 5) is 26.0. The molecule has 3 rings (SSSR count). The van der Waals surface area contributed by atoms with Gasteiger partial charge in [0.25, 0.3) is 5.91 Å². The monoisotopic (exact) mass is 434 g/mol. The zero-order valence-electron chi connectivity index (χ0n) is 14.2. The van der Waals surface area contributed by atoms with Crippen LogP contribution in [0.15, 0.2) is 46.6 Å². The summed E-state index contributed by atoms with van der Waals surface area (Å²) in [5, 5.41) is 3.02. The molecule has 0 aliphatic carbocycles. The third kappa shape index (κ3) is 3.76. The molecule has 0 spiro atoms. The number of imide groups is 1. The van der Waals surface area contributed by atoms with Crippen LogP contribution in [0.1, 0.15) is 16.7 Å². The molecule has 26 heavy (non-hydrogen) atoms. The number of amides is 3. The molecular formula is C19H16BrClN2O3. The number of carbonyl (C=O) groups excluding carboxylic acids is 2. The highest BCUT2D eigenvalue weighted by atomic mass is 79.9. The Morgan fingerprint density at radius 1 is 1.27 bits per heavy atom. The lowest BCUT2D eigenvalue weighted by Crippen LogP contribution is -2.30. The Hall–Kier alpha value is -2.31. The summed E-state index contributed by atoms with van der Waals surface area (Å²) in [6, 6.07) is 10.7. The second-order valence-corrected chi connectivity index (χ2v) is 7.15. The first kappa shape index (κ1) is 18.5. The minimum Gasteiger partial charge on any atom is -0.494 e. The Bertz CT molecular complexity index is 904. The van der Waals surface area contributed by atoms with E-state index in [1.807, 2.05) is 31.2 Å². The van der Waals surface area contributed by atoms with E-state index < -0.39 is 6.03 Å². The van der Waals surface area contributed by atoms with Gasteiger partial charge in [0.15, 0.2) is 5.75 Å². The molecule has 1 N–H and O–H groups in total. The van der Waals surface area contributed by atoms with Crippen LogP contribution < -0.4 is 10.1 Å². The lowest BCUT2D eigenvalue weighted by molar-refractivity contribution is -0.123. The molecule has 2 aromatic rings. The van der Waals surface area contributed by atoms with Crippen molar-refractivity contribution < 1.29 is 14.3 Å². The van der Waals surface area contributed by atoms with E-state index in [1.165, 1.54) is 12.0 Å². The number of nitrogens with one attached hydrogen (secondary N) is 1. The minimum absolute atomic E-state index is 0.204. The van der Waals surface area contributed by atoms with Gasteiger partial charge in [0.1, 0.15) is 5.70 Å². The number of ether oxygens (including phenoxy) is 1. The van der Waals surface area contributed by atoms with Crippen LogP contribution in [0.25, 0.3) is 6.08 Å². The van der Waals surface area contributed by atoms with Crippen molar-refractivity contribution in [3.8, 4) is 5.75 Å². The van der Waals surface area contributed by atoms with Crippen molar-refractivity contribution >= 4 is 45.5 Å². The summed E-state index contributed by atoms with van der Waals surface area (Å²) >= 11 is 9.55. The zero-order chi connectivity index (χ0) is 18.8. The van der Waals surface area contributed by atoms with Crippen LogP contribution in [0, 0.1) is 6.92 Å². The summed E-state index contributed by atoms with van der Waals surface area (Å²) in [7, 11) is 1.52. The third-order valence-electron chi connectivity index (χ3n) is 3.92. The zero-order valence-corrected chi connectivity index (χ0v) is 16.5. The van der Waals surface area contributed by atoms with Gasteiger partial charge in [0.05, 0.1) is 23.1 Å². The average Bonchev–Trinajstić information content (AvgIpc) is 2.82. The van der Waals surface area contributed by atoms with Gasteiger partial charge in [0.2, 0.25) is 0 Å². The van der Waals surface area contributed by atoms with E-state index in [0.29, 0.717) is 20.8 Å². The molecule has 0 atom stereocenters. The largest absolute Gasteiger partial charge is 0.494 e. The molecule has 0 radical (unpaired) electrons. The summed E-state index contributed by atoms with van der Waals surface area (Å²) in [6.07, 6.45) is 1.59. The smallest absolute Gasteiger partial charge is 0.329 e. The molecule has 1 aliphatic rings. The Kier molecular flexibility index (Phi) is 5.34. The Morgan fingerprint density at radius 3 is 2.69 bits per heavy atom. The van der Waals surface area contributed by atoms with Crippen LogP contribution >= 0.6 is 27.5 Å². The first-order valence-corrected chi connectivity index (χ1v) is 8.99. The standard InChI is InChI=1S/C19H16BrClN2O3/c1-11-4-3-5-12(6-11)10-23-18(24)16(22-19(23)25)9-13-7-14(20)17(26-2)15(21)8-13/h3-9H,10H2,1-2H3,(H,22,25)/b16-9+. The van der Waals surface area contributed by atoms with Gasteiger partial charge >= 0.3 is 6.03 Å². The average molecular weight is 436 g/mol. The third-order valence-corrected chi connectivity index (χ3v) is 4.79. The maximum atomic E-state index is 12.6. The highest BCUT2D eigenvalue weighted by molar-refractivity contribution is 9.10. The van der Waals surface area contributed by atoms with Crippen LogP contribution in [-0.4, -0.2) is 23.9 Å². The molecule has 7 heteroatoms. The lowest BCUT2D eigenvalue weighted by atomic mass is 10.1. The molecule has 0 aromatic heterocycles. The molecule has 1 fully saturated rings. The second kappa shape index (κ2) is 7.51. The van der Waals surface area contributed by atoms with Gasteiger partial charge in [-0.1, -0.05) is 41.4 Å². The molecule has 0 saturated carbocycles. The van der Waals surface area contributed by atoms with Crippen molar-refractivity contribution in [3.63, 3.8) is 0 Å². The Morgan fingerprint density at radius 2 is 2.04 bits per heavy atom. The van der Waals surface area contributed by atoms with Crippen molar-refractivity contribution in [1.82, 2.24) is 10.2 Å². The van der Waals surface area contributed by atoms with Gasteiger partial charge in [-0.05, 0) is 52.2 Å². The first-order valence-electron chi connectivity index (χ1n) is 7.82. The summed E-state index contributed by atoms with van der Waals surface area (Å²) < 4.78 is 5.85. The van der Waals surface area contributed by atoms with E-state index in [0.717, 1.165) is 11.1 Å². The maximum Gasteiger partial charge on any atom is 0.329 e. The number of nitrogens with zero attached hydrogens (tertiary/aromatic N) is 1. The minimum atomic E-state index is -0.443. The molecule has 0 bridgehead atoms. The van der Waals surface area contributed by atoms with Gasteiger partial charge in [-0.25, -0.2) is 4.79 Å². The highest BCUT2D eigenvalue weighted by Crippen LogP contribution is 2.34. The van der Waals surface area contributed by atoms with E-state index in [4.69, 9.17) is 16.3 Å². The van der Waals surface area contributed by atoms with Gasteiger partial charge in [0, 0.05) is 0 Å². The van der Waals surface area contributed by atoms with Crippen LogP contribution in [0.3, 0.4) is 0 Å². The molecule has 1 saturated heterocycles. The molecule has 5 nitrogen and oxygen atoms in total. The molecule has 0 unspecified atom stereocenters.